The molecule has 0 radical (unpaired) electrons. The van der Waals surface area contributed by atoms with Gasteiger partial charge in [0.25, 0.3) is 0 Å². The van der Waals surface area contributed by atoms with Gasteiger partial charge in [0.15, 0.2) is 0 Å². The fourth-order valence-electron chi connectivity index (χ4n) is 4.31. The van der Waals surface area contributed by atoms with E-state index in [4.69, 9.17) is 4.74 Å². The molecule has 0 saturated carbocycles. The molecule has 0 aromatic heterocycles. The van der Waals surface area contributed by atoms with Gasteiger partial charge in [-0.25, -0.2) is 0 Å². The minimum absolute atomic E-state index is 0.248. The van der Waals surface area contributed by atoms with Crippen molar-refractivity contribution in [3.63, 3.8) is 0 Å². The molecule has 1 heterocycles. The molecule has 3 nitrogen and oxygen atoms in total. The second-order valence-corrected chi connectivity index (χ2v) is 7.99. The van der Waals surface area contributed by atoms with E-state index < -0.39 is 0 Å². The van der Waals surface area contributed by atoms with Gasteiger partial charge in [-0.1, -0.05) is 54.1 Å². The summed E-state index contributed by atoms with van der Waals surface area (Å²) in [6, 6.07) is 32.7. The van der Waals surface area contributed by atoms with Crippen LogP contribution in [0.3, 0.4) is 0 Å². The summed E-state index contributed by atoms with van der Waals surface area (Å²) in [7, 11) is 1.71. The standard InChI is InChI=1S/C27H26N2O/c1-19-7-11-23(12-8-19)28-27-18-26(29(27)24-13-15-25(30-2)16-14-24)22-10-9-20-5-3-4-6-21(20)17-22/h3-17,26-28H,18H2,1-2H3. The van der Waals surface area contributed by atoms with E-state index in [-0.39, 0.29) is 6.17 Å². The Hall–Kier alpha value is -3.46. The fourth-order valence-corrected chi connectivity index (χ4v) is 4.31. The predicted octanol–water partition coefficient (Wildman–Crippen LogP) is 6.55. The monoisotopic (exact) mass is 394 g/mol. The van der Waals surface area contributed by atoms with Crippen molar-refractivity contribution in [2.75, 3.05) is 17.3 Å². The van der Waals surface area contributed by atoms with Gasteiger partial charge in [-0.05, 0) is 65.7 Å². The van der Waals surface area contributed by atoms with Crippen LogP contribution in [0, 0.1) is 6.92 Å². The van der Waals surface area contributed by atoms with Crippen molar-refractivity contribution >= 4 is 22.1 Å². The van der Waals surface area contributed by atoms with Gasteiger partial charge in [0.05, 0.1) is 13.2 Å². The van der Waals surface area contributed by atoms with Gasteiger partial charge in [-0.15, -0.1) is 0 Å². The molecule has 1 saturated heterocycles. The number of rotatable bonds is 5. The third kappa shape index (κ3) is 3.48. The molecule has 5 rings (SSSR count). The molecule has 2 unspecified atom stereocenters. The van der Waals surface area contributed by atoms with Crippen LogP contribution in [0.1, 0.15) is 23.6 Å². The molecule has 4 aromatic rings. The van der Waals surface area contributed by atoms with E-state index in [1.807, 2.05) is 12.1 Å². The van der Waals surface area contributed by atoms with E-state index in [2.05, 4.69) is 96.0 Å². The van der Waals surface area contributed by atoms with E-state index in [9.17, 15) is 0 Å². The predicted molar refractivity (Wildman–Crippen MR) is 125 cm³/mol. The lowest BCUT2D eigenvalue weighted by molar-refractivity contribution is 0.374. The van der Waals surface area contributed by atoms with Crippen LogP contribution in [0.5, 0.6) is 5.75 Å². The van der Waals surface area contributed by atoms with E-state index >= 15 is 0 Å². The Balaban J connectivity index is 1.47. The van der Waals surface area contributed by atoms with Crippen molar-refractivity contribution in [2.24, 2.45) is 0 Å². The van der Waals surface area contributed by atoms with Crippen LogP contribution in [0.2, 0.25) is 0 Å². The molecule has 150 valence electrons. The molecular weight excluding hydrogens is 368 g/mol. The Kier molecular flexibility index (Phi) is 4.80. The maximum absolute atomic E-state index is 5.36. The highest BCUT2D eigenvalue weighted by Gasteiger charge is 2.39. The fraction of sp³-hybridized carbons (Fsp3) is 0.185. The molecule has 0 amide bonds. The van der Waals surface area contributed by atoms with Crippen molar-refractivity contribution in [1.29, 1.82) is 0 Å². The largest absolute Gasteiger partial charge is 0.497 e. The molecule has 2 atom stereocenters. The van der Waals surface area contributed by atoms with Crippen molar-refractivity contribution in [2.45, 2.75) is 25.6 Å². The van der Waals surface area contributed by atoms with Gasteiger partial charge in [0, 0.05) is 17.8 Å². The smallest absolute Gasteiger partial charge is 0.119 e. The lowest BCUT2D eigenvalue weighted by Crippen LogP contribution is -2.54. The average Bonchev–Trinajstić information content (AvgIpc) is 2.78. The summed E-state index contributed by atoms with van der Waals surface area (Å²) in [6.07, 6.45) is 1.30. The molecule has 3 heteroatoms. The lowest BCUT2D eigenvalue weighted by Gasteiger charge is -2.51. The van der Waals surface area contributed by atoms with E-state index in [0.717, 1.165) is 17.9 Å². The number of methoxy groups -OCH3 is 1. The zero-order valence-electron chi connectivity index (χ0n) is 17.4. The maximum atomic E-state index is 5.36. The second kappa shape index (κ2) is 7.75. The van der Waals surface area contributed by atoms with Crippen LogP contribution in [0.15, 0.2) is 91.0 Å². The van der Waals surface area contributed by atoms with Crippen molar-refractivity contribution in [3.8, 4) is 5.75 Å². The van der Waals surface area contributed by atoms with Crippen LogP contribution in [-0.4, -0.2) is 13.3 Å². The average molecular weight is 395 g/mol. The Morgan fingerprint density at radius 3 is 2.30 bits per heavy atom. The van der Waals surface area contributed by atoms with Gasteiger partial charge < -0.3 is 15.0 Å². The van der Waals surface area contributed by atoms with Crippen LogP contribution >= 0.6 is 0 Å². The number of aryl methyl sites for hydroxylation is 1. The summed E-state index contributed by atoms with van der Waals surface area (Å²) in [6.45, 7) is 2.12. The van der Waals surface area contributed by atoms with Gasteiger partial charge in [-0.2, -0.15) is 0 Å². The molecule has 0 spiro atoms. The zero-order chi connectivity index (χ0) is 20.5. The number of hydrogen-bond acceptors (Lipinski definition) is 3. The number of ether oxygens (including phenoxy) is 1. The van der Waals surface area contributed by atoms with Gasteiger partial charge in [-0.3, -0.25) is 0 Å². The summed E-state index contributed by atoms with van der Waals surface area (Å²) >= 11 is 0. The van der Waals surface area contributed by atoms with Gasteiger partial charge in [0.1, 0.15) is 11.9 Å². The SMILES string of the molecule is COc1ccc(N2C(Nc3ccc(C)cc3)CC2c2ccc3ccccc3c2)cc1. The normalized spacial score (nSPS) is 18.1. The first kappa shape index (κ1) is 18.6. The highest BCUT2D eigenvalue weighted by Crippen LogP contribution is 2.43. The minimum Gasteiger partial charge on any atom is -0.497 e. The molecule has 0 aliphatic carbocycles. The summed E-state index contributed by atoms with van der Waals surface area (Å²) in [5.74, 6) is 0.879. The number of hydrogen-bond donors (Lipinski definition) is 1. The summed E-state index contributed by atoms with van der Waals surface area (Å²) in [5, 5.41) is 6.29. The Morgan fingerprint density at radius 1 is 0.833 bits per heavy atom. The first-order valence-corrected chi connectivity index (χ1v) is 10.5. The van der Waals surface area contributed by atoms with Crippen molar-refractivity contribution in [3.05, 3.63) is 102 Å². The first-order valence-electron chi connectivity index (χ1n) is 10.5. The van der Waals surface area contributed by atoms with Gasteiger partial charge >= 0.3 is 0 Å². The highest BCUT2D eigenvalue weighted by atomic mass is 16.5. The molecule has 4 aromatic carbocycles. The van der Waals surface area contributed by atoms with Gasteiger partial charge in [0.2, 0.25) is 0 Å². The summed E-state index contributed by atoms with van der Waals surface area (Å²) in [4.78, 5) is 2.48. The lowest BCUT2D eigenvalue weighted by atomic mass is 9.89. The minimum atomic E-state index is 0.248. The molecule has 1 fully saturated rings. The highest BCUT2D eigenvalue weighted by molar-refractivity contribution is 5.83. The zero-order valence-corrected chi connectivity index (χ0v) is 17.4. The van der Waals surface area contributed by atoms with E-state index in [1.165, 1.54) is 27.6 Å². The number of anilines is 2. The molecular formula is C27H26N2O. The molecule has 1 aliphatic heterocycles. The van der Waals surface area contributed by atoms with Crippen LogP contribution in [0.25, 0.3) is 10.8 Å². The van der Waals surface area contributed by atoms with Crippen molar-refractivity contribution < 1.29 is 4.74 Å². The van der Waals surface area contributed by atoms with Crippen LogP contribution in [-0.2, 0) is 0 Å². The summed E-state index contributed by atoms with van der Waals surface area (Å²) in [5.41, 5.74) is 4.98. The molecule has 0 bridgehead atoms. The molecule has 1 aliphatic rings. The quantitative estimate of drug-likeness (QED) is 0.415. The Labute approximate surface area is 177 Å². The second-order valence-electron chi connectivity index (χ2n) is 7.99. The topological polar surface area (TPSA) is 24.5 Å². The number of nitrogens with one attached hydrogen (secondary N) is 1. The number of benzene rings is 4. The first-order chi connectivity index (χ1) is 14.7. The van der Waals surface area contributed by atoms with Crippen molar-refractivity contribution in [1.82, 2.24) is 0 Å². The molecule has 30 heavy (non-hydrogen) atoms. The third-order valence-electron chi connectivity index (χ3n) is 6.03. The Bertz CT molecular complexity index is 1150. The summed E-state index contributed by atoms with van der Waals surface area (Å²) < 4.78 is 5.36. The number of nitrogens with zero attached hydrogens (tertiary/aromatic N) is 1. The Morgan fingerprint density at radius 2 is 1.57 bits per heavy atom. The van der Waals surface area contributed by atoms with Crippen LogP contribution in [0.4, 0.5) is 11.4 Å². The number of fused-ring (bicyclic) bond motifs is 1. The van der Waals surface area contributed by atoms with E-state index in [1.54, 1.807) is 7.11 Å². The van der Waals surface area contributed by atoms with Crippen LogP contribution < -0.4 is 15.0 Å². The molecule has 1 N–H and O–H groups in total. The van der Waals surface area contributed by atoms with E-state index in [0.29, 0.717) is 6.04 Å². The maximum Gasteiger partial charge on any atom is 0.119 e. The third-order valence-corrected chi connectivity index (χ3v) is 6.03.